The van der Waals surface area contributed by atoms with Crippen LogP contribution in [0.5, 0.6) is 0 Å². The summed E-state index contributed by atoms with van der Waals surface area (Å²) in [6.07, 6.45) is 35.5. The van der Waals surface area contributed by atoms with Gasteiger partial charge in [-0.3, -0.25) is 0 Å². The summed E-state index contributed by atoms with van der Waals surface area (Å²) in [5, 5.41) is 0. The summed E-state index contributed by atoms with van der Waals surface area (Å²) >= 11 is 0. The zero-order valence-electron chi connectivity index (χ0n) is 22.5. The molecule has 0 aliphatic carbocycles. The van der Waals surface area contributed by atoms with E-state index in [4.69, 9.17) is 0 Å². The second-order valence-electron chi connectivity index (χ2n) is 10.2. The van der Waals surface area contributed by atoms with Crippen molar-refractivity contribution in [2.24, 2.45) is 0 Å². The Morgan fingerprint density at radius 1 is 0.531 bits per heavy atom. The molecule has 1 aromatic heterocycles. The summed E-state index contributed by atoms with van der Waals surface area (Å²) in [5.41, 5.74) is 0. The lowest BCUT2D eigenvalue weighted by atomic mass is 10.1. The van der Waals surface area contributed by atoms with Crippen LogP contribution in [0.1, 0.15) is 161 Å². The lowest BCUT2D eigenvalue weighted by Crippen LogP contribution is -2.37. The number of unbranched alkanes of at least 4 members (excludes halogenated alkanes) is 18. The molecule has 1 heterocycles. The molecule has 188 valence electrons. The molecular formula is C30H59N2+. The van der Waals surface area contributed by atoms with Crippen LogP contribution in [0, 0.1) is 0 Å². The Hall–Kier alpha value is -0.790. The van der Waals surface area contributed by atoms with Gasteiger partial charge in [0.1, 0.15) is 12.4 Å². The summed E-state index contributed by atoms with van der Waals surface area (Å²) < 4.78 is 5.17. The maximum absolute atomic E-state index is 2.59. The average Bonchev–Trinajstić information content (AvgIpc) is 3.18. The van der Waals surface area contributed by atoms with E-state index in [2.05, 4.69) is 42.3 Å². The summed E-state index contributed by atoms with van der Waals surface area (Å²) in [6, 6.07) is 0. The first-order valence-electron chi connectivity index (χ1n) is 14.9. The highest BCUT2D eigenvalue weighted by Crippen LogP contribution is 2.13. The molecule has 0 aromatic carbocycles. The van der Waals surface area contributed by atoms with Crippen molar-refractivity contribution in [3.05, 3.63) is 18.2 Å². The molecule has 0 aliphatic heterocycles. The van der Waals surface area contributed by atoms with Gasteiger partial charge in [0.25, 0.3) is 5.82 Å². The lowest BCUT2D eigenvalue weighted by Gasteiger charge is -2.06. The van der Waals surface area contributed by atoms with Crippen LogP contribution in [0.25, 0.3) is 0 Å². The quantitative estimate of drug-likeness (QED) is 0.110. The fourth-order valence-corrected chi connectivity index (χ4v) is 4.91. The third kappa shape index (κ3) is 15.1. The van der Waals surface area contributed by atoms with Crippen LogP contribution >= 0.6 is 0 Å². The number of aryl methyl sites for hydroxylation is 2. The van der Waals surface area contributed by atoms with Crippen molar-refractivity contribution in [3.8, 4) is 0 Å². The van der Waals surface area contributed by atoms with Gasteiger partial charge in [-0.25, -0.2) is 9.13 Å². The Morgan fingerprint density at radius 3 is 1.50 bits per heavy atom. The molecular weight excluding hydrogens is 388 g/mol. The SMILES string of the molecule is CCCCCCCCCCCCCC[n+]1ccn(CCCCCCC)c1CCCCCC. The molecule has 0 radical (unpaired) electrons. The minimum absolute atomic E-state index is 1.22. The molecule has 1 rings (SSSR count). The van der Waals surface area contributed by atoms with Crippen molar-refractivity contribution < 1.29 is 4.57 Å². The summed E-state index contributed by atoms with van der Waals surface area (Å²) in [6.45, 7) is 9.37. The van der Waals surface area contributed by atoms with Gasteiger partial charge in [0, 0.05) is 6.42 Å². The maximum atomic E-state index is 2.59. The van der Waals surface area contributed by atoms with E-state index in [0.29, 0.717) is 0 Å². The fourth-order valence-electron chi connectivity index (χ4n) is 4.91. The van der Waals surface area contributed by atoms with Crippen LogP contribution in [0.3, 0.4) is 0 Å². The van der Waals surface area contributed by atoms with Gasteiger partial charge in [0.2, 0.25) is 0 Å². The first-order chi connectivity index (χ1) is 15.8. The first kappa shape index (κ1) is 29.2. The highest BCUT2D eigenvalue weighted by Gasteiger charge is 2.16. The van der Waals surface area contributed by atoms with Gasteiger partial charge in [0.05, 0.1) is 13.1 Å². The third-order valence-corrected chi connectivity index (χ3v) is 7.10. The highest BCUT2D eigenvalue weighted by atomic mass is 15.1. The average molecular weight is 448 g/mol. The first-order valence-corrected chi connectivity index (χ1v) is 14.9. The summed E-state index contributed by atoms with van der Waals surface area (Å²) in [5.74, 6) is 1.60. The van der Waals surface area contributed by atoms with E-state index >= 15 is 0 Å². The number of aromatic nitrogens is 2. The van der Waals surface area contributed by atoms with Crippen molar-refractivity contribution in [1.82, 2.24) is 4.57 Å². The van der Waals surface area contributed by atoms with Gasteiger partial charge in [-0.05, 0) is 32.1 Å². The lowest BCUT2D eigenvalue weighted by molar-refractivity contribution is -0.704. The van der Waals surface area contributed by atoms with Gasteiger partial charge in [-0.1, -0.05) is 124 Å². The van der Waals surface area contributed by atoms with Gasteiger partial charge >= 0.3 is 0 Å². The van der Waals surface area contributed by atoms with Gasteiger partial charge < -0.3 is 0 Å². The van der Waals surface area contributed by atoms with Crippen molar-refractivity contribution >= 4 is 0 Å². The molecule has 0 aliphatic rings. The molecule has 2 heteroatoms. The van der Waals surface area contributed by atoms with Crippen LogP contribution in [-0.2, 0) is 19.5 Å². The maximum Gasteiger partial charge on any atom is 0.256 e. The Morgan fingerprint density at radius 2 is 0.969 bits per heavy atom. The van der Waals surface area contributed by atoms with Crippen molar-refractivity contribution in [3.63, 3.8) is 0 Å². The predicted octanol–water partition coefficient (Wildman–Crippen LogP) is 9.57. The predicted molar refractivity (Wildman–Crippen MR) is 142 cm³/mol. The largest absolute Gasteiger partial charge is 0.256 e. The van der Waals surface area contributed by atoms with Gasteiger partial charge in [0.15, 0.2) is 0 Å². The van der Waals surface area contributed by atoms with Gasteiger partial charge in [-0.2, -0.15) is 0 Å². The van der Waals surface area contributed by atoms with Crippen LogP contribution in [0.2, 0.25) is 0 Å². The van der Waals surface area contributed by atoms with Crippen LogP contribution < -0.4 is 4.57 Å². The molecule has 0 atom stereocenters. The van der Waals surface area contributed by atoms with E-state index in [-0.39, 0.29) is 0 Å². The Balaban J connectivity index is 2.24. The molecule has 1 aromatic rings. The Labute approximate surface area is 202 Å². The number of hydrogen-bond donors (Lipinski definition) is 0. The van der Waals surface area contributed by atoms with Crippen molar-refractivity contribution in [1.29, 1.82) is 0 Å². The zero-order chi connectivity index (χ0) is 23.1. The topological polar surface area (TPSA) is 8.81 Å². The second-order valence-corrected chi connectivity index (χ2v) is 10.2. The number of imidazole rings is 1. The zero-order valence-corrected chi connectivity index (χ0v) is 22.5. The standard InChI is InChI=1S/C30H59N2/c1-4-7-10-13-14-15-16-17-18-19-21-24-27-32-29-28-31(26-23-20-11-8-5-2)30(32)25-22-12-9-6-3/h28-29H,4-27H2,1-3H3/q+1. The summed E-state index contributed by atoms with van der Waals surface area (Å²) in [4.78, 5) is 0. The molecule has 0 fully saturated rings. The molecule has 0 amide bonds. The third-order valence-electron chi connectivity index (χ3n) is 7.10. The van der Waals surface area contributed by atoms with Crippen molar-refractivity contribution in [2.45, 2.75) is 175 Å². The molecule has 0 saturated heterocycles. The second kappa shape index (κ2) is 22.0. The summed E-state index contributed by atoms with van der Waals surface area (Å²) in [7, 11) is 0. The van der Waals surface area contributed by atoms with Crippen LogP contribution in [-0.4, -0.2) is 4.57 Å². The monoisotopic (exact) mass is 447 g/mol. The highest BCUT2D eigenvalue weighted by molar-refractivity contribution is 4.84. The van der Waals surface area contributed by atoms with Crippen LogP contribution in [0.15, 0.2) is 12.4 Å². The molecule has 0 unspecified atom stereocenters. The van der Waals surface area contributed by atoms with E-state index < -0.39 is 0 Å². The molecule has 32 heavy (non-hydrogen) atoms. The van der Waals surface area contributed by atoms with E-state index in [1.165, 1.54) is 154 Å². The van der Waals surface area contributed by atoms with Crippen molar-refractivity contribution in [2.75, 3.05) is 0 Å². The Kier molecular flexibility index (Phi) is 20.1. The minimum Gasteiger partial charge on any atom is -0.234 e. The minimum atomic E-state index is 1.22. The molecule has 0 bridgehead atoms. The van der Waals surface area contributed by atoms with E-state index in [0.717, 1.165) is 0 Å². The molecule has 2 nitrogen and oxygen atoms in total. The molecule has 0 N–H and O–H groups in total. The Bertz CT molecular complexity index is 505. The van der Waals surface area contributed by atoms with E-state index in [1.807, 2.05) is 0 Å². The van der Waals surface area contributed by atoms with E-state index in [9.17, 15) is 0 Å². The van der Waals surface area contributed by atoms with E-state index in [1.54, 1.807) is 5.82 Å². The number of nitrogens with zero attached hydrogens (tertiary/aromatic N) is 2. The normalized spacial score (nSPS) is 11.5. The number of rotatable bonds is 24. The van der Waals surface area contributed by atoms with Crippen LogP contribution in [0.4, 0.5) is 0 Å². The smallest absolute Gasteiger partial charge is 0.234 e. The number of hydrogen-bond acceptors (Lipinski definition) is 0. The molecule has 0 saturated carbocycles. The molecule has 0 spiro atoms. The van der Waals surface area contributed by atoms with Gasteiger partial charge in [-0.15, -0.1) is 0 Å². The fraction of sp³-hybridized carbons (Fsp3) is 0.900.